The fourth-order valence-electron chi connectivity index (χ4n) is 2.22. The summed E-state index contributed by atoms with van der Waals surface area (Å²) in [7, 11) is 0. The van der Waals surface area contributed by atoms with E-state index in [1.807, 2.05) is 0 Å². The zero-order chi connectivity index (χ0) is 13.1. The van der Waals surface area contributed by atoms with Crippen LogP contribution in [0.5, 0.6) is 0 Å². The number of hydrogen-bond acceptors (Lipinski definition) is 3. The minimum Gasteiger partial charge on any atom is -0.478 e. The summed E-state index contributed by atoms with van der Waals surface area (Å²) in [5.74, 6) is -0.961. The van der Waals surface area contributed by atoms with Crippen molar-refractivity contribution in [2.24, 2.45) is 0 Å². The lowest BCUT2D eigenvalue weighted by atomic mass is 9.96. The van der Waals surface area contributed by atoms with Gasteiger partial charge in [-0.2, -0.15) is 0 Å². The first-order valence-corrected chi connectivity index (χ1v) is 5.94. The highest BCUT2D eigenvalue weighted by Crippen LogP contribution is 2.30. The molecule has 0 bridgehead atoms. The maximum atomic E-state index is 11.8. The second kappa shape index (κ2) is 5.08. The van der Waals surface area contributed by atoms with Gasteiger partial charge >= 0.3 is 12.1 Å². The molecule has 0 saturated heterocycles. The lowest BCUT2D eigenvalue weighted by molar-refractivity contribution is 0.0695. The number of fused-ring (bicyclic) bond motifs is 1. The first-order valence-electron chi connectivity index (χ1n) is 5.94. The third-order valence-corrected chi connectivity index (χ3v) is 2.97. The van der Waals surface area contributed by atoms with Crippen LogP contribution in [0.3, 0.4) is 0 Å². The third kappa shape index (κ3) is 2.16. The van der Waals surface area contributed by atoms with Crippen molar-refractivity contribution in [3.8, 4) is 0 Å². The van der Waals surface area contributed by atoms with Crippen LogP contribution in [-0.4, -0.2) is 30.3 Å². The number of amides is 1. The topological polar surface area (TPSA) is 66.8 Å². The minimum atomic E-state index is -0.961. The molecular weight excluding hydrogens is 234 g/mol. The molecule has 1 aromatic carbocycles. The number of hydrogen-bond donors (Lipinski definition) is 1. The van der Waals surface area contributed by atoms with Crippen LogP contribution >= 0.6 is 0 Å². The van der Waals surface area contributed by atoms with E-state index in [1.54, 1.807) is 25.1 Å². The van der Waals surface area contributed by atoms with Crippen LogP contribution in [0, 0.1) is 0 Å². The van der Waals surface area contributed by atoms with Crippen molar-refractivity contribution in [2.45, 2.75) is 19.8 Å². The van der Waals surface area contributed by atoms with Crippen LogP contribution < -0.4 is 4.90 Å². The van der Waals surface area contributed by atoms with Gasteiger partial charge in [0.15, 0.2) is 0 Å². The summed E-state index contributed by atoms with van der Waals surface area (Å²) in [5.41, 5.74) is 1.63. The van der Waals surface area contributed by atoms with Gasteiger partial charge in [0.1, 0.15) is 0 Å². The Morgan fingerprint density at radius 2 is 2.22 bits per heavy atom. The molecular formula is C13H15NO4. The smallest absolute Gasteiger partial charge is 0.414 e. The number of rotatable bonds is 2. The van der Waals surface area contributed by atoms with Gasteiger partial charge < -0.3 is 9.84 Å². The Kier molecular flexibility index (Phi) is 3.50. The van der Waals surface area contributed by atoms with E-state index in [2.05, 4.69) is 0 Å². The first-order chi connectivity index (χ1) is 8.65. The number of benzene rings is 1. The molecule has 0 atom stereocenters. The van der Waals surface area contributed by atoms with Crippen LogP contribution in [0.2, 0.25) is 0 Å². The Morgan fingerprint density at radius 1 is 1.44 bits per heavy atom. The van der Waals surface area contributed by atoms with Gasteiger partial charge in [-0.1, -0.05) is 6.07 Å². The molecule has 1 aromatic rings. The number of carboxylic acids is 1. The van der Waals surface area contributed by atoms with Gasteiger partial charge in [0.2, 0.25) is 0 Å². The zero-order valence-electron chi connectivity index (χ0n) is 10.2. The number of carboxylic acid groups (broad SMARTS) is 1. The van der Waals surface area contributed by atoms with E-state index >= 15 is 0 Å². The van der Waals surface area contributed by atoms with E-state index in [9.17, 15) is 9.59 Å². The monoisotopic (exact) mass is 249 g/mol. The summed E-state index contributed by atoms with van der Waals surface area (Å²) in [6.45, 7) is 2.62. The summed E-state index contributed by atoms with van der Waals surface area (Å²) in [6, 6.07) is 4.98. The van der Waals surface area contributed by atoms with Crippen molar-refractivity contribution < 1.29 is 19.4 Å². The number of aromatic carboxylic acids is 1. The fraction of sp³-hybridized carbons (Fsp3) is 0.385. The molecule has 1 aliphatic heterocycles. The maximum Gasteiger partial charge on any atom is 0.414 e. The molecule has 0 radical (unpaired) electrons. The van der Waals surface area contributed by atoms with E-state index in [0.717, 1.165) is 6.42 Å². The largest absolute Gasteiger partial charge is 0.478 e. The molecule has 0 fully saturated rings. The Labute approximate surface area is 105 Å². The first kappa shape index (κ1) is 12.4. The molecule has 1 N–H and O–H groups in total. The molecule has 0 saturated carbocycles. The maximum absolute atomic E-state index is 11.8. The average molecular weight is 249 g/mol. The van der Waals surface area contributed by atoms with E-state index < -0.39 is 12.1 Å². The number of nitrogens with zero attached hydrogens (tertiary/aromatic N) is 1. The highest BCUT2D eigenvalue weighted by molar-refractivity contribution is 5.95. The summed E-state index contributed by atoms with van der Waals surface area (Å²) in [4.78, 5) is 24.4. The van der Waals surface area contributed by atoms with Crippen molar-refractivity contribution in [2.75, 3.05) is 18.1 Å². The molecule has 18 heavy (non-hydrogen) atoms. The van der Waals surface area contributed by atoms with E-state index in [4.69, 9.17) is 9.84 Å². The van der Waals surface area contributed by atoms with Crippen LogP contribution in [0.1, 0.15) is 29.3 Å². The van der Waals surface area contributed by atoms with Gasteiger partial charge in [-0.05, 0) is 37.5 Å². The molecule has 2 rings (SSSR count). The third-order valence-electron chi connectivity index (χ3n) is 2.97. The predicted molar refractivity (Wildman–Crippen MR) is 66.1 cm³/mol. The van der Waals surface area contributed by atoms with Crippen molar-refractivity contribution >= 4 is 17.7 Å². The second-order valence-electron chi connectivity index (χ2n) is 4.06. The lowest BCUT2D eigenvalue weighted by Gasteiger charge is -2.29. The van der Waals surface area contributed by atoms with Crippen LogP contribution in [0.25, 0.3) is 0 Å². The SMILES string of the molecule is CCOC(=O)N1CCCc2c(C(=O)O)cccc21. The number of anilines is 1. The Morgan fingerprint density at radius 3 is 2.89 bits per heavy atom. The molecule has 1 heterocycles. The van der Waals surface area contributed by atoms with Crippen molar-refractivity contribution in [3.05, 3.63) is 29.3 Å². The van der Waals surface area contributed by atoms with Gasteiger partial charge in [-0.15, -0.1) is 0 Å². The number of carbonyl (C=O) groups is 2. The Balaban J connectivity index is 2.41. The van der Waals surface area contributed by atoms with Crippen LogP contribution in [-0.2, 0) is 11.2 Å². The zero-order valence-corrected chi connectivity index (χ0v) is 10.2. The molecule has 1 aliphatic rings. The summed E-state index contributed by atoms with van der Waals surface area (Å²) < 4.78 is 4.98. The van der Waals surface area contributed by atoms with E-state index in [0.29, 0.717) is 30.8 Å². The van der Waals surface area contributed by atoms with Gasteiger partial charge in [0.25, 0.3) is 0 Å². The highest BCUT2D eigenvalue weighted by atomic mass is 16.6. The molecule has 0 spiro atoms. The molecule has 0 unspecified atom stereocenters. The molecule has 1 amide bonds. The van der Waals surface area contributed by atoms with Gasteiger partial charge in [0.05, 0.1) is 17.9 Å². The lowest BCUT2D eigenvalue weighted by Crippen LogP contribution is -2.36. The standard InChI is InChI=1S/C13H15NO4/c1-2-18-13(17)14-8-4-6-9-10(12(15)16)5-3-7-11(9)14/h3,5,7H,2,4,6,8H2,1H3,(H,15,16). The summed E-state index contributed by atoms with van der Waals surface area (Å²) in [5, 5.41) is 9.13. The Hall–Kier alpha value is -2.04. The number of ether oxygens (including phenoxy) is 1. The summed E-state index contributed by atoms with van der Waals surface area (Å²) in [6.07, 6.45) is 1.00. The van der Waals surface area contributed by atoms with Crippen LogP contribution in [0.4, 0.5) is 10.5 Å². The van der Waals surface area contributed by atoms with Gasteiger partial charge in [-0.3, -0.25) is 4.90 Å². The predicted octanol–water partition coefficient (Wildman–Crippen LogP) is 2.29. The average Bonchev–Trinajstić information content (AvgIpc) is 2.37. The highest BCUT2D eigenvalue weighted by Gasteiger charge is 2.26. The van der Waals surface area contributed by atoms with Crippen molar-refractivity contribution in [1.82, 2.24) is 0 Å². The molecule has 0 aliphatic carbocycles. The van der Waals surface area contributed by atoms with Crippen molar-refractivity contribution in [3.63, 3.8) is 0 Å². The summed E-state index contributed by atoms with van der Waals surface area (Å²) >= 11 is 0. The van der Waals surface area contributed by atoms with E-state index in [1.165, 1.54) is 4.90 Å². The Bertz CT molecular complexity index is 484. The van der Waals surface area contributed by atoms with Crippen molar-refractivity contribution in [1.29, 1.82) is 0 Å². The molecule has 96 valence electrons. The fourth-order valence-corrected chi connectivity index (χ4v) is 2.22. The molecule has 5 heteroatoms. The van der Waals surface area contributed by atoms with Gasteiger partial charge in [0, 0.05) is 6.54 Å². The normalized spacial score (nSPS) is 13.9. The number of carbonyl (C=O) groups excluding carboxylic acids is 1. The minimum absolute atomic E-state index is 0.265. The second-order valence-corrected chi connectivity index (χ2v) is 4.06. The van der Waals surface area contributed by atoms with Gasteiger partial charge in [-0.25, -0.2) is 9.59 Å². The molecule has 0 aromatic heterocycles. The quantitative estimate of drug-likeness (QED) is 0.873. The van der Waals surface area contributed by atoms with Crippen LogP contribution in [0.15, 0.2) is 18.2 Å². The van der Waals surface area contributed by atoms with E-state index in [-0.39, 0.29) is 5.56 Å². The molecule has 5 nitrogen and oxygen atoms in total.